The highest BCUT2D eigenvalue weighted by molar-refractivity contribution is 7.12. The van der Waals surface area contributed by atoms with Crippen LogP contribution in [0.1, 0.15) is 25.9 Å². The average molecular weight is 338 g/mol. The van der Waals surface area contributed by atoms with Crippen molar-refractivity contribution in [2.45, 2.75) is 13.5 Å². The summed E-state index contributed by atoms with van der Waals surface area (Å²) in [5, 5.41) is 0. The zero-order valence-electron chi connectivity index (χ0n) is 13.6. The largest absolute Gasteiger partial charge is 0.486 e. The number of aryl methyl sites for hydroxylation is 2. The van der Waals surface area contributed by atoms with Gasteiger partial charge in [-0.25, -0.2) is 4.98 Å². The van der Waals surface area contributed by atoms with Gasteiger partial charge in [-0.2, -0.15) is 0 Å². The van der Waals surface area contributed by atoms with E-state index >= 15 is 0 Å². The van der Waals surface area contributed by atoms with Crippen molar-refractivity contribution in [2.75, 3.05) is 0 Å². The van der Waals surface area contributed by atoms with E-state index in [4.69, 9.17) is 4.74 Å². The topological polar surface area (TPSA) is 44.1 Å². The molecule has 0 aliphatic rings. The van der Waals surface area contributed by atoms with Gasteiger partial charge in [0.15, 0.2) is 5.78 Å². The first-order valence-electron chi connectivity index (χ1n) is 7.60. The van der Waals surface area contributed by atoms with Gasteiger partial charge in [-0.15, -0.1) is 11.3 Å². The Morgan fingerprint density at radius 3 is 2.67 bits per heavy atom. The van der Waals surface area contributed by atoms with Crippen LogP contribution < -0.4 is 4.74 Å². The van der Waals surface area contributed by atoms with Gasteiger partial charge in [-0.05, 0) is 55.5 Å². The summed E-state index contributed by atoms with van der Waals surface area (Å²) in [6, 6.07) is 11.2. The van der Waals surface area contributed by atoms with E-state index in [0.717, 1.165) is 10.7 Å². The van der Waals surface area contributed by atoms with E-state index < -0.39 is 0 Å². The van der Waals surface area contributed by atoms with Crippen LogP contribution in [0.3, 0.4) is 0 Å². The summed E-state index contributed by atoms with van der Waals surface area (Å²) in [6.07, 6.45) is 7.07. The number of rotatable bonds is 6. The molecule has 0 N–H and O–H groups in total. The van der Waals surface area contributed by atoms with E-state index in [1.807, 2.05) is 42.9 Å². The lowest BCUT2D eigenvalue weighted by Gasteiger charge is -2.06. The molecule has 4 nitrogen and oxygen atoms in total. The van der Waals surface area contributed by atoms with Crippen molar-refractivity contribution in [3.63, 3.8) is 0 Å². The molecule has 1 aromatic carbocycles. The number of ether oxygens (including phenoxy) is 1. The first kappa shape index (κ1) is 16.2. The zero-order valence-corrected chi connectivity index (χ0v) is 14.4. The molecule has 2 heterocycles. The van der Waals surface area contributed by atoms with Gasteiger partial charge < -0.3 is 9.30 Å². The van der Waals surface area contributed by atoms with Crippen molar-refractivity contribution in [2.24, 2.45) is 7.05 Å². The van der Waals surface area contributed by atoms with Crippen LogP contribution in [0.5, 0.6) is 5.75 Å². The lowest BCUT2D eigenvalue weighted by atomic mass is 10.1. The smallest absolute Gasteiger partial charge is 0.185 e. The molecule has 0 saturated heterocycles. The van der Waals surface area contributed by atoms with Crippen molar-refractivity contribution >= 4 is 23.2 Å². The second kappa shape index (κ2) is 7.27. The number of thiophene rings is 1. The third-order valence-electron chi connectivity index (χ3n) is 3.59. The fraction of sp³-hybridized carbons (Fsp3) is 0.158. The maximum atomic E-state index is 12.2. The third kappa shape index (κ3) is 4.00. The van der Waals surface area contributed by atoms with Gasteiger partial charge in [0.05, 0.1) is 0 Å². The van der Waals surface area contributed by atoms with Gasteiger partial charge >= 0.3 is 0 Å². The standard InChI is InChI=1S/C19H18N2O2S/c1-14-3-8-17(24-14)9-10-18(22)15-4-6-16(7-5-15)23-13-19-20-11-12-21(19)2/h3-12H,13H2,1-2H3/b10-9+. The van der Waals surface area contributed by atoms with Crippen LogP contribution in [0.4, 0.5) is 0 Å². The third-order valence-corrected chi connectivity index (χ3v) is 4.55. The molecule has 3 aromatic rings. The molecule has 0 saturated carbocycles. The minimum Gasteiger partial charge on any atom is -0.486 e. The van der Waals surface area contributed by atoms with Gasteiger partial charge in [0, 0.05) is 34.8 Å². The molecule has 0 aliphatic heterocycles. The molecule has 0 spiro atoms. The first-order valence-corrected chi connectivity index (χ1v) is 8.41. The van der Waals surface area contributed by atoms with E-state index in [1.54, 1.807) is 47.9 Å². The molecule has 0 radical (unpaired) electrons. The highest BCUT2D eigenvalue weighted by atomic mass is 32.1. The number of ketones is 1. The molecule has 0 aliphatic carbocycles. The number of carbonyl (C=O) groups is 1. The summed E-state index contributed by atoms with van der Waals surface area (Å²) in [5.41, 5.74) is 0.642. The lowest BCUT2D eigenvalue weighted by molar-refractivity contribution is 0.104. The van der Waals surface area contributed by atoms with E-state index in [9.17, 15) is 4.79 Å². The highest BCUT2D eigenvalue weighted by Crippen LogP contribution is 2.18. The highest BCUT2D eigenvalue weighted by Gasteiger charge is 2.04. The predicted molar refractivity (Wildman–Crippen MR) is 96.4 cm³/mol. The Hall–Kier alpha value is -2.66. The Kier molecular flexibility index (Phi) is 4.91. The number of carbonyl (C=O) groups excluding carboxylic acids is 1. The van der Waals surface area contributed by atoms with Crippen molar-refractivity contribution in [3.8, 4) is 5.75 Å². The van der Waals surface area contributed by atoms with Crippen LogP contribution in [0.15, 0.2) is 54.9 Å². The van der Waals surface area contributed by atoms with E-state index in [1.165, 1.54) is 4.88 Å². The normalized spacial score (nSPS) is 11.1. The Morgan fingerprint density at radius 2 is 2.04 bits per heavy atom. The Morgan fingerprint density at radius 1 is 1.25 bits per heavy atom. The fourth-order valence-corrected chi connectivity index (χ4v) is 2.98. The zero-order chi connectivity index (χ0) is 16.9. The maximum Gasteiger partial charge on any atom is 0.185 e. The molecule has 0 amide bonds. The molecule has 0 fully saturated rings. The number of aromatic nitrogens is 2. The van der Waals surface area contributed by atoms with Gasteiger partial charge in [0.1, 0.15) is 18.2 Å². The Balaban J connectivity index is 1.60. The predicted octanol–water partition coefficient (Wildman–Crippen LogP) is 4.27. The van der Waals surface area contributed by atoms with E-state index in [0.29, 0.717) is 17.9 Å². The molecule has 0 bridgehead atoms. The van der Waals surface area contributed by atoms with Crippen molar-refractivity contribution in [1.82, 2.24) is 9.55 Å². The van der Waals surface area contributed by atoms with Crippen LogP contribution in [0.25, 0.3) is 6.08 Å². The van der Waals surface area contributed by atoms with Gasteiger partial charge in [-0.3, -0.25) is 4.79 Å². The lowest BCUT2D eigenvalue weighted by Crippen LogP contribution is -2.03. The Bertz CT molecular complexity index is 860. The summed E-state index contributed by atoms with van der Waals surface area (Å²) in [4.78, 5) is 18.7. The number of hydrogen-bond donors (Lipinski definition) is 0. The monoisotopic (exact) mass is 338 g/mol. The van der Waals surface area contributed by atoms with Crippen molar-refractivity contribution in [3.05, 3.63) is 76.0 Å². The van der Waals surface area contributed by atoms with E-state index in [2.05, 4.69) is 4.98 Å². The van der Waals surface area contributed by atoms with Gasteiger partial charge in [0.25, 0.3) is 0 Å². The summed E-state index contributed by atoms with van der Waals surface area (Å²) in [6.45, 7) is 2.45. The van der Waals surface area contributed by atoms with Crippen LogP contribution >= 0.6 is 11.3 Å². The second-order valence-electron chi connectivity index (χ2n) is 5.41. The SMILES string of the molecule is Cc1ccc(/C=C/C(=O)c2ccc(OCc3nccn3C)cc2)s1. The molecule has 0 unspecified atom stereocenters. The first-order chi connectivity index (χ1) is 11.6. The minimum atomic E-state index is -0.0169. The average Bonchev–Trinajstić information content (AvgIpc) is 3.19. The van der Waals surface area contributed by atoms with Crippen molar-refractivity contribution < 1.29 is 9.53 Å². The minimum absolute atomic E-state index is 0.0169. The number of imidazole rings is 1. The summed E-state index contributed by atoms with van der Waals surface area (Å²) >= 11 is 1.67. The summed E-state index contributed by atoms with van der Waals surface area (Å²) in [5.74, 6) is 1.55. The molecular formula is C19H18N2O2S. The fourth-order valence-electron chi connectivity index (χ4n) is 2.20. The molecular weight excluding hydrogens is 320 g/mol. The molecule has 0 atom stereocenters. The summed E-state index contributed by atoms with van der Waals surface area (Å²) in [7, 11) is 1.93. The molecule has 122 valence electrons. The van der Waals surface area contributed by atoms with E-state index in [-0.39, 0.29) is 5.78 Å². The number of benzene rings is 1. The maximum absolute atomic E-state index is 12.2. The Labute approximate surface area is 145 Å². The van der Waals surface area contributed by atoms with Crippen LogP contribution in [0, 0.1) is 6.92 Å². The molecule has 3 rings (SSSR count). The molecule has 24 heavy (non-hydrogen) atoms. The van der Waals surface area contributed by atoms with Crippen LogP contribution in [0.2, 0.25) is 0 Å². The molecule has 5 heteroatoms. The van der Waals surface area contributed by atoms with Crippen LogP contribution in [-0.4, -0.2) is 15.3 Å². The number of nitrogens with zero attached hydrogens (tertiary/aromatic N) is 2. The number of allylic oxidation sites excluding steroid dienone is 1. The summed E-state index contributed by atoms with van der Waals surface area (Å²) < 4.78 is 7.60. The molecule has 2 aromatic heterocycles. The number of hydrogen-bond acceptors (Lipinski definition) is 4. The van der Waals surface area contributed by atoms with Crippen LogP contribution in [-0.2, 0) is 13.7 Å². The van der Waals surface area contributed by atoms with Gasteiger partial charge in [-0.1, -0.05) is 0 Å². The quantitative estimate of drug-likeness (QED) is 0.498. The second-order valence-corrected chi connectivity index (χ2v) is 6.73. The van der Waals surface area contributed by atoms with Gasteiger partial charge in [0.2, 0.25) is 0 Å². The van der Waals surface area contributed by atoms with Crippen molar-refractivity contribution in [1.29, 1.82) is 0 Å².